The molecule has 0 aliphatic carbocycles. The average Bonchev–Trinajstić information content (AvgIpc) is 2.73. The number of aliphatic hydroxyl groups is 1. The van der Waals surface area contributed by atoms with E-state index in [0.29, 0.717) is 47.4 Å². The molecule has 2 amide bonds. The molecule has 29 heavy (non-hydrogen) atoms. The monoisotopic (exact) mass is 440 g/mol. The van der Waals surface area contributed by atoms with E-state index in [0.717, 1.165) is 11.3 Å². The summed E-state index contributed by atoms with van der Waals surface area (Å²) in [5, 5.41) is 13.3. The summed E-state index contributed by atoms with van der Waals surface area (Å²) in [6.07, 6.45) is 2.86. The van der Waals surface area contributed by atoms with Crippen molar-refractivity contribution in [3.05, 3.63) is 57.1 Å². The minimum Gasteiger partial charge on any atom is -0.394 e. The second-order valence-electron chi connectivity index (χ2n) is 7.25. The number of aliphatic hydroxyl groups excluding tert-OH is 1. The quantitative estimate of drug-likeness (QED) is 0.716. The second kappa shape index (κ2) is 9.69. The normalized spacial score (nSPS) is 15.6. The Hall–Kier alpha value is -1.96. The summed E-state index contributed by atoms with van der Waals surface area (Å²) in [5.41, 5.74) is 2.43. The lowest BCUT2D eigenvalue weighted by Gasteiger charge is -2.30. The predicted molar refractivity (Wildman–Crippen MR) is 110 cm³/mol. The van der Waals surface area contributed by atoms with Crippen LogP contribution in [0.1, 0.15) is 35.6 Å². The molecule has 2 atom stereocenters. The Kier molecular flexibility index (Phi) is 7.27. The maximum Gasteiger partial charge on any atom is 0.318 e. The predicted octanol–water partition coefficient (Wildman–Crippen LogP) is 3.73. The summed E-state index contributed by atoms with van der Waals surface area (Å²) in [4.78, 5) is 23.2. The van der Waals surface area contributed by atoms with Crippen LogP contribution in [-0.4, -0.2) is 45.8 Å². The van der Waals surface area contributed by atoms with Crippen LogP contribution in [0.5, 0.6) is 0 Å². The number of aromatic nitrogens is 2. The first-order chi connectivity index (χ1) is 13.9. The zero-order chi connectivity index (χ0) is 21.0. The Morgan fingerprint density at radius 3 is 2.86 bits per heavy atom. The molecule has 0 bridgehead atoms. The zero-order valence-electron chi connectivity index (χ0n) is 16.0. The van der Waals surface area contributed by atoms with Crippen molar-refractivity contribution in [1.82, 2.24) is 20.2 Å². The molecule has 0 radical (unpaired) electrons. The molecule has 1 aromatic heterocycles. The SMILES string of the molecule is C[C@H](CF)Cc1ncc2c(n1)CN(C(=O)N[C@H](CO)c1ccc(Cl)c(Cl)c1)CC2. The Labute approximate surface area is 179 Å². The van der Waals surface area contributed by atoms with Gasteiger partial charge in [-0.15, -0.1) is 0 Å². The molecule has 3 rings (SSSR count). The smallest absolute Gasteiger partial charge is 0.318 e. The van der Waals surface area contributed by atoms with E-state index in [-0.39, 0.29) is 18.6 Å². The molecule has 6 nitrogen and oxygen atoms in total. The minimum atomic E-state index is -0.606. The van der Waals surface area contributed by atoms with Crippen LogP contribution in [-0.2, 0) is 19.4 Å². The Balaban J connectivity index is 1.69. The Morgan fingerprint density at radius 1 is 1.38 bits per heavy atom. The minimum absolute atomic E-state index is 0.146. The second-order valence-corrected chi connectivity index (χ2v) is 8.07. The van der Waals surface area contributed by atoms with Crippen molar-refractivity contribution in [3.63, 3.8) is 0 Å². The van der Waals surface area contributed by atoms with Gasteiger partial charge in [-0.05, 0) is 35.6 Å². The average molecular weight is 441 g/mol. The third kappa shape index (κ3) is 5.35. The van der Waals surface area contributed by atoms with Crippen molar-refractivity contribution in [2.45, 2.75) is 32.4 Å². The first-order valence-corrected chi connectivity index (χ1v) is 10.2. The molecular weight excluding hydrogens is 418 g/mol. The highest BCUT2D eigenvalue weighted by Crippen LogP contribution is 2.26. The highest BCUT2D eigenvalue weighted by atomic mass is 35.5. The lowest BCUT2D eigenvalue weighted by atomic mass is 10.1. The van der Waals surface area contributed by atoms with E-state index in [9.17, 15) is 14.3 Å². The van der Waals surface area contributed by atoms with Crippen LogP contribution in [0.25, 0.3) is 0 Å². The van der Waals surface area contributed by atoms with Crippen LogP contribution < -0.4 is 5.32 Å². The van der Waals surface area contributed by atoms with Gasteiger partial charge in [-0.3, -0.25) is 4.39 Å². The number of rotatable bonds is 6. The topological polar surface area (TPSA) is 78.4 Å². The van der Waals surface area contributed by atoms with Crippen molar-refractivity contribution in [2.24, 2.45) is 5.92 Å². The first-order valence-electron chi connectivity index (χ1n) is 9.42. The fraction of sp³-hybridized carbons (Fsp3) is 0.450. The number of alkyl halides is 1. The van der Waals surface area contributed by atoms with E-state index in [4.69, 9.17) is 23.2 Å². The van der Waals surface area contributed by atoms with Crippen molar-refractivity contribution >= 4 is 29.2 Å². The molecule has 0 unspecified atom stereocenters. The van der Waals surface area contributed by atoms with E-state index in [1.54, 1.807) is 36.2 Å². The zero-order valence-corrected chi connectivity index (χ0v) is 17.5. The van der Waals surface area contributed by atoms with Gasteiger partial charge < -0.3 is 15.3 Å². The lowest BCUT2D eigenvalue weighted by molar-refractivity contribution is 0.176. The van der Waals surface area contributed by atoms with Gasteiger partial charge in [0, 0.05) is 19.2 Å². The van der Waals surface area contributed by atoms with Crippen molar-refractivity contribution in [1.29, 1.82) is 0 Å². The van der Waals surface area contributed by atoms with Crippen LogP contribution >= 0.6 is 23.2 Å². The van der Waals surface area contributed by atoms with Gasteiger partial charge in [-0.2, -0.15) is 0 Å². The number of urea groups is 1. The molecule has 2 aromatic rings. The van der Waals surface area contributed by atoms with Crippen molar-refractivity contribution in [3.8, 4) is 0 Å². The molecule has 9 heteroatoms. The molecule has 2 N–H and O–H groups in total. The fourth-order valence-corrected chi connectivity index (χ4v) is 3.49. The maximum atomic E-state index is 12.8. The van der Waals surface area contributed by atoms with Crippen molar-refractivity contribution < 1.29 is 14.3 Å². The third-order valence-corrected chi connectivity index (χ3v) is 5.64. The molecule has 156 valence electrons. The Bertz CT molecular complexity index is 884. The van der Waals surface area contributed by atoms with E-state index in [2.05, 4.69) is 15.3 Å². The van der Waals surface area contributed by atoms with E-state index >= 15 is 0 Å². The number of benzene rings is 1. The summed E-state index contributed by atoms with van der Waals surface area (Å²) in [7, 11) is 0. The largest absolute Gasteiger partial charge is 0.394 e. The molecule has 1 aromatic carbocycles. The molecule has 1 aliphatic heterocycles. The Morgan fingerprint density at radius 2 is 2.17 bits per heavy atom. The molecular formula is C20H23Cl2FN4O2. The van der Waals surface area contributed by atoms with Gasteiger partial charge in [0.25, 0.3) is 0 Å². The first kappa shape index (κ1) is 21.7. The van der Waals surface area contributed by atoms with Gasteiger partial charge in [-0.1, -0.05) is 36.2 Å². The number of carbonyl (C=O) groups excluding carboxylic acids is 1. The number of amides is 2. The number of hydrogen-bond donors (Lipinski definition) is 2. The molecule has 0 fully saturated rings. The standard InChI is InChI=1S/C20H23Cl2FN4O2/c1-12(8-23)6-19-24-9-14-4-5-27(10-17(14)25-19)20(29)26-18(11-28)13-2-3-15(21)16(22)7-13/h2-3,7,9,12,18,28H,4-6,8,10-11H2,1H3,(H,26,29)/t12-,18+/m0/s1. The van der Waals surface area contributed by atoms with Gasteiger partial charge in [-0.25, -0.2) is 14.8 Å². The number of fused-ring (bicyclic) bond motifs is 1. The molecule has 0 saturated heterocycles. The maximum absolute atomic E-state index is 12.8. The van der Waals surface area contributed by atoms with Crippen LogP contribution in [0.4, 0.5) is 9.18 Å². The summed E-state index contributed by atoms with van der Waals surface area (Å²) < 4.78 is 12.8. The number of nitrogens with zero attached hydrogens (tertiary/aromatic N) is 3. The van der Waals surface area contributed by atoms with E-state index in [1.165, 1.54) is 0 Å². The van der Waals surface area contributed by atoms with Gasteiger partial charge in [0.05, 0.1) is 41.6 Å². The van der Waals surface area contributed by atoms with Gasteiger partial charge in [0.15, 0.2) is 0 Å². The van der Waals surface area contributed by atoms with Crippen LogP contribution in [0.3, 0.4) is 0 Å². The number of nitrogens with one attached hydrogen (secondary N) is 1. The summed E-state index contributed by atoms with van der Waals surface area (Å²) in [6.45, 7) is 1.95. The third-order valence-electron chi connectivity index (χ3n) is 4.90. The van der Waals surface area contributed by atoms with E-state index < -0.39 is 12.7 Å². The number of hydrogen-bond acceptors (Lipinski definition) is 4. The van der Waals surface area contributed by atoms with Crippen LogP contribution in [0.2, 0.25) is 10.0 Å². The highest BCUT2D eigenvalue weighted by molar-refractivity contribution is 6.42. The molecule has 0 spiro atoms. The molecule has 2 heterocycles. The van der Waals surface area contributed by atoms with Gasteiger partial charge >= 0.3 is 6.03 Å². The fourth-order valence-electron chi connectivity index (χ4n) is 3.19. The van der Waals surface area contributed by atoms with Crippen LogP contribution in [0.15, 0.2) is 24.4 Å². The highest BCUT2D eigenvalue weighted by Gasteiger charge is 2.25. The summed E-state index contributed by atoms with van der Waals surface area (Å²) in [6, 6.07) is 4.06. The molecule has 0 saturated carbocycles. The summed E-state index contributed by atoms with van der Waals surface area (Å²) in [5.74, 6) is 0.438. The van der Waals surface area contributed by atoms with Gasteiger partial charge in [0.1, 0.15) is 5.82 Å². The van der Waals surface area contributed by atoms with Crippen molar-refractivity contribution in [2.75, 3.05) is 19.8 Å². The van der Waals surface area contributed by atoms with E-state index in [1.807, 2.05) is 0 Å². The van der Waals surface area contributed by atoms with Crippen LogP contribution in [0, 0.1) is 5.92 Å². The summed E-state index contributed by atoms with van der Waals surface area (Å²) >= 11 is 12.0. The lowest BCUT2D eigenvalue weighted by Crippen LogP contribution is -2.45. The molecule has 1 aliphatic rings. The van der Waals surface area contributed by atoms with Gasteiger partial charge in [0.2, 0.25) is 0 Å². The number of carbonyl (C=O) groups is 1. The number of halogens is 3.